The maximum Gasteiger partial charge on any atom is 0.313 e. The fourth-order valence-corrected chi connectivity index (χ4v) is 5.88. The van der Waals surface area contributed by atoms with Crippen LogP contribution >= 0.6 is 23.1 Å². The summed E-state index contributed by atoms with van der Waals surface area (Å²) in [6.45, 7) is 1.51. The molecule has 0 bridgehead atoms. The molecule has 2 N–H and O–H groups in total. The topological polar surface area (TPSA) is 104 Å². The molecule has 10 heteroatoms. The number of nitrogens with zero attached hydrogens (tertiary/aromatic N) is 1. The molecule has 1 fully saturated rings. The molecule has 1 aliphatic rings. The summed E-state index contributed by atoms with van der Waals surface area (Å²) in [5.41, 5.74) is 0. The van der Waals surface area contributed by atoms with E-state index in [0.717, 1.165) is 24.2 Å². The molecule has 0 radical (unpaired) electrons. The predicted octanol–water partition coefficient (Wildman–Crippen LogP) is 1.01. The van der Waals surface area contributed by atoms with E-state index in [1.54, 1.807) is 12.1 Å². The molecule has 1 saturated heterocycles. The van der Waals surface area contributed by atoms with Crippen molar-refractivity contribution in [1.82, 2.24) is 9.62 Å². The van der Waals surface area contributed by atoms with Crippen molar-refractivity contribution < 1.29 is 23.1 Å². The van der Waals surface area contributed by atoms with Gasteiger partial charge in [-0.2, -0.15) is 4.31 Å². The monoisotopic (exact) mass is 392 g/mol. The standard InChI is InChI=1S/C14H20N2O5S3/c17-12(15-5-8-22-10-13(18)19)9-11-3-4-14(23-11)24(20,21)16-6-1-2-7-16/h3-4H,1-2,5-10H2,(H,15,17)(H,18,19). The molecule has 24 heavy (non-hydrogen) atoms. The van der Waals surface area contributed by atoms with Crippen LogP contribution in [0.3, 0.4) is 0 Å². The largest absolute Gasteiger partial charge is 0.481 e. The number of amides is 1. The lowest BCUT2D eigenvalue weighted by Gasteiger charge is -2.13. The molecule has 0 aliphatic carbocycles. The lowest BCUT2D eigenvalue weighted by molar-refractivity contribution is -0.133. The lowest BCUT2D eigenvalue weighted by Crippen LogP contribution is -2.27. The third-order valence-electron chi connectivity index (χ3n) is 3.43. The van der Waals surface area contributed by atoms with E-state index in [1.165, 1.54) is 16.1 Å². The number of carbonyl (C=O) groups is 2. The third kappa shape index (κ3) is 5.47. The lowest BCUT2D eigenvalue weighted by atomic mass is 10.3. The van der Waals surface area contributed by atoms with Crippen molar-refractivity contribution in [2.24, 2.45) is 0 Å². The number of nitrogens with one attached hydrogen (secondary N) is 1. The van der Waals surface area contributed by atoms with Gasteiger partial charge in [-0.3, -0.25) is 9.59 Å². The number of hydrogen-bond acceptors (Lipinski definition) is 6. The molecule has 7 nitrogen and oxygen atoms in total. The molecular formula is C14H20N2O5S3. The van der Waals surface area contributed by atoms with Crippen molar-refractivity contribution in [3.63, 3.8) is 0 Å². The number of thioether (sulfide) groups is 1. The number of hydrogen-bond donors (Lipinski definition) is 2. The zero-order valence-corrected chi connectivity index (χ0v) is 15.5. The highest BCUT2D eigenvalue weighted by molar-refractivity contribution is 7.99. The predicted molar refractivity (Wildman–Crippen MR) is 94.0 cm³/mol. The van der Waals surface area contributed by atoms with Gasteiger partial charge in [0.1, 0.15) is 4.21 Å². The van der Waals surface area contributed by atoms with Gasteiger partial charge in [0.15, 0.2) is 0 Å². The van der Waals surface area contributed by atoms with Gasteiger partial charge in [0, 0.05) is 30.3 Å². The van der Waals surface area contributed by atoms with Gasteiger partial charge in [0.25, 0.3) is 10.0 Å². The van der Waals surface area contributed by atoms with Crippen LogP contribution in [0.4, 0.5) is 0 Å². The molecule has 2 heterocycles. The minimum atomic E-state index is -3.42. The van der Waals surface area contributed by atoms with Gasteiger partial charge in [0.2, 0.25) is 5.91 Å². The number of carbonyl (C=O) groups excluding carboxylic acids is 1. The van der Waals surface area contributed by atoms with E-state index in [2.05, 4.69) is 5.32 Å². The molecule has 0 spiro atoms. The van der Waals surface area contributed by atoms with Gasteiger partial charge < -0.3 is 10.4 Å². The van der Waals surface area contributed by atoms with Crippen LogP contribution in [0.15, 0.2) is 16.3 Å². The minimum absolute atomic E-state index is 0.0124. The molecule has 0 unspecified atom stereocenters. The molecule has 0 aromatic carbocycles. The van der Waals surface area contributed by atoms with E-state index >= 15 is 0 Å². The van der Waals surface area contributed by atoms with Gasteiger partial charge in [-0.15, -0.1) is 23.1 Å². The molecule has 2 rings (SSSR count). The molecule has 0 saturated carbocycles. The number of sulfonamides is 1. The molecule has 0 atom stereocenters. The summed E-state index contributed by atoms with van der Waals surface area (Å²) in [5.74, 6) is -0.537. The first-order valence-corrected chi connectivity index (χ1v) is 11.0. The second-order valence-electron chi connectivity index (χ2n) is 5.30. The van der Waals surface area contributed by atoms with Gasteiger partial charge in [-0.1, -0.05) is 0 Å². The number of rotatable bonds is 9. The number of thiophene rings is 1. The van der Waals surface area contributed by atoms with Gasteiger partial charge in [-0.25, -0.2) is 8.42 Å². The average molecular weight is 393 g/mol. The van der Waals surface area contributed by atoms with E-state index in [-0.39, 0.29) is 22.3 Å². The summed E-state index contributed by atoms with van der Waals surface area (Å²) in [6.07, 6.45) is 1.91. The molecule has 1 aliphatic heterocycles. The van der Waals surface area contributed by atoms with Crippen LogP contribution in [0.25, 0.3) is 0 Å². The maximum atomic E-state index is 12.4. The Morgan fingerprint density at radius 1 is 1.29 bits per heavy atom. The van der Waals surface area contributed by atoms with Crippen molar-refractivity contribution in [3.8, 4) is 0 Å². The third-order valence-corrected chi connectivity index (χ3v) is 7.82. The number of carboxylic acid groups (broad SMARTS) is 1. The van der Waals surface area contributed by atoms with Crippen LogP contribution in [0.5, 0.6) is 0 Å². The first-order chi connectivity index (χ1) is 11.4. The van der Waals surface area contributed by atoms with Crippen LogP contribution in [-0.2, 0) is 26.0 Å². The molecule has 1 aromatic rings. The van der Waals surface area contributed by atoms with Crippen molar-refractivity contribution in [1.29, 1.82) is 0 Å². The minimum Gasteiger partial charge on any atom is -0.481 e. The molecular weight excluding hydrogens is 372 g/mol. The Kier molecular flexibility index (Phi) is 7.08. The summed E-state index contributed by atoms with van der Waals surface area (Å²) in [6, 6.07) is 3.23. The summed E-state index contributed by atoms with van der Waals surface area (Å²) in [7, 11) is -3.42. The Hall–Kier alpha value is -1.10. The van der Waals surface area contributed by atoms with E-state index in [1.807, 2.05) is 0 Å². The quantitative estimate of drug-likeness (QED) is 0.608. The van der Waals surface area contributed by atoms with E-state index < -0.39 is 16.0 Å². The smallest absolute Gasteiger partial charge is 0.313 e. The molecule has 134 valence electrons. The Bertz CT molecular complexity index is 680. The first-order valence-electron chi connectivity index (χ1n) is 7.54. The van der Waals surface area contributed by atoms with Crippen LogP contribution in [0.2, 0.25) is 0 Å². The Labute approximate surface area is 149 Å². The summed E-state index contributed by atoms with van der Waals surface area (Å²) in [5, 5.41) is 11.2. The fraction of sp³-hybridized carbons (Fsp3) is 0.571. The van der Waals surface area contributed by atoms with Crippen LogP contribution in [-0.4, -0.2) is 60.8 Å². The molecule has 1 aromatic heterocycles. The summed E-state index contributed by atoms with van der Waals surface area (Å²) >= 11 is 2.36. The SMILES string of the molecule is O=C(O)CSCCNC(=O)Cc1ccc(S(=O)(=O)N2CCCC2)s1. The summed E-state index contributed by atoms with van der Waals surface area (Å²) in [4.78, 5) is 22.9. The Balaban J connectivity index is 1.80. The Morgan fingerprint density at radius 3 is 2.67 bits per heavy atom. The average Bonchev–Trinajstić information content (AvgIpc) is 3.18. The van der Waals surface area contributed by atoms with Crippen molar-refractivity contribution in [3.05, 3.63) is 17.0 Å². The zero-order valence-electron chi connectivity index (χ0n) is 13.1. The second kappa shape index (κ2) is 8.84. The highest BCUT2D eigenvalue weighted by atomic mass is 32.2. The highest BCUT2D eigenvalue weighted by Crippen LogP contribution is 2.27. The van der Waals surface area contributed by atoms with Crippen molar-refractivity contribution >= 4 is 45.0 Å². The molecule has 1 amide bonds. The van der Waals surface area contributed by atoms with Gasteiger partial charge in [0.05, 0.1) is 12.2 Å². The van der Waals surface area contributed by atoms with Gasteiger partial charge in [-0.05, 0) is 25.0 Å². The normalized spacial score (nSPS) is 15.5. The summed E-state index contributed by atoms with van der Waals surface area (Å²) < 4.78 is 26.6. The van der Waals surface area contributed by atoms with Crippen LogP contribution in [0, 0.1) is 0 Å². The first kappa shape index (κ1) is 19.2. The fourth-order valence-electron chi connectivity index (χ4n) is 2.29. The Morgan fingerprint density at radius 2 is 2.00 bits per heavy atom. The second-order valence-corrected chi connectivity index (χ2v) is 9.74. The maximum absolute atomic E-state index is 12.4. The van der Waals surface area contributed by atoms with Crippen molar-refractivity contribution in [2.45, 2.75) is 23.5 Å². The van der Waals surface area contributed by atoms with Crippen LogP contribution in [0.1, 0.15) is 17.7 Å². The number of aliphatic carboxylic acids is 1. The van der Waals surface area contributed by atoms with E-state index in [4.69, 9.17) is 5.11 Å². The zero-order chi connectivity index (χ0) is 17.6. The number of carboxylic acids is 1. The van der Waals surface area contributed by atoms with Crippen molar-refractivity contribution in [2.75, 3.05) is 31.1 Å². The highest BCUT2D eigenvalue weighted by Gasteiger charge is 2.28. The van der Waals surface area contributed by atoms with Crippen LogP contribution < -0.4 is 5.32 Å². The van der Waals surface area contributed by atoms with Gasteiger partial charge >= 0.3 is 5.97 Å². The van der Waals surface area contributed by atoms with E-state index in [9.17, 15) is 18.0 Å². The van der Waals surface area contributed by atoms with E-state index in [0.29, 0.717) is 30.3 Å².